The second-order valence-electron chi connectivity index (χ2n) is 11.9. The fourth-order valence-corrected chi connectivity index (χ4v) is 7.80. The van der Waals surface area contributed by atoms with Gasteiger partial charge in [-0.15, -0.1) is 13.2 Å². The van der Waals surface area contributed by atoms with Crippen molar-refractivity contribution >= 4 is 40.7 Å². The number of aliphatic hydroxyl groups is 1. The first-order valence-corrected chi connectivity index (χ1v) is 15.9. The van der Waals surface area contributed by atoms with Gasteiger partial charge in [0.15, 0.2) is 0 Å². The van der Waals surface area contributed by atoms with E-state index in [-0.39, 0.29) is 37.4 Å². The van der Waals surface area contributed by atoms with Crippen LogP contribution in [0.25, 0.3) is 0 Å². The summed E-state index contributed by atoms with van der Waals surface area (Å²) in [5, 5.41) is 9.66. The normalized spacial score (nSPS) is 25.2. The van der Waals surface area contributed by atoms with E-state index in [1.807, 2.05) is 49.4 Å². The number of carbonyl (C=O) groups is 3. The number of likely N-dealkylation sites (tertiary alicyclic amines) is 1. The Morgan fingerprint density at radius 3 is 2.41 bits per heavy atom. The average Bonchev–Trinajstić information content (AvgIpc) is 3.66. The van der Waals surface area contributed by atoms with Gasteiger partial charge in [0.25, 0.3) is 5.91 Å². The van der Waals surface area contributed by atoms with Crippen molar-refractivity contribution in [1.29, 1.82) is 0 Å². The number of unbranched alkanes of at least 4 members (excludes halogenated alkanes) is 3. The molecule has 1 spiro atoms. The first-order chi connectivity index (χ1) is 21.3. The molecular formula is C35H42ClN3O5. The largest absolute Gasteiger partial charge is 0.396 e. The lowest BCUT2D eigenvalue weighted by atomic mass is 9.70. The summed E-state index contributed by atoms with van der Waals surface area (Å²) < 4.78 is 6.71. The predicted octanol–water partition coefficient (Wildman–Crippen LogP) is 5.31. The van der Waals surface area contributed by atoms with E-state index < -0.39 is 29.6 Å². The van der Waals surface area contributed by atoms with Crippen molar-refractivity contribution in [3.8, 4) is 0 Å². The number of carbonyl (C=O) groups excluding carboxylic acids is 3. The smallest absolute Gasteiger partial charge is 0.253 e. The number of aryl methyl sites for hydroxylation is 1. The molecule has 2 aromatic carbocycles. The Morgan fingerprint density at radius 2 is 1.73 bits per heavy atom. The van der Waals surface area contributed by atoms with E-state index in [1.54, 1.807) is 32.9 Å². The maximum absolute atomic E-state index is 14.8. The molecule has 3 fully saturated rings. The van der Waals surface area contributed by atoms with Gasteiger partial charge in [-0.25, -0.2) is 0 Å². The monoisotopic (exact) mass is 619 g/mol. The number of ether oxygens (including phenoxy) is 1. The molecule has 2 unspecified atom stereocenters. The van der Waals surface area contributed by atoms with Gasteiger partial charge in [0.05, 0.1) is 28.6 Å². The lowest BCUT2D eigenvalue weighted by Gasteiger charge is -2.37. The van der Waals surface area contributed by atoms with Crippen molar-refractivity contribution in [2.24, 2.45) is 11.8 Å². The molecular weight excluding hydrogens is 578 g/mol. The summed E-state index contributed by atoms with van der Waals surface area (Å²) >= 11 is 6.66. The van der Waals surface area contributed by atoms with Gasteiger partial charge in [-0.3, -0.25) is 14.4 Å². The van der Waals surface area contributed by atoms with Gasteiger partial charge in [-0.05, 0) is 56.4 Å². The summed E-state index contributed by atoms with van der Waals surface area (Å²) in [6.07, 6.45) is 6.91. The molecule has 234 valence electrons. The Bertz CT molecular complexity index is 1380. The van der Waals surface area contributed by atoms with Crippen LogP contribution in [-0.4, -0.2) is 71.7 Å². The summed E-state index contributed by atoms with van der Waals surface area (Å²) in [4.78, 5) is 48.6. The number of fused-ring (bicyclic) bond motifs is 1. The van der Waals surface area contributed by atoms with Crippen molar-refractivity contribution in [3.63, 3.8) is 0 Å². The van der Waals surface area contributed by atoms with Crippen molar-refractivity contribution in [2.45, 2.75) is 63.2 Å². The second kappa shape index (κ2) is 13.7. The number of anilines is 2. The topological polar surface area (TPSA) is 90.4 Å². The average molecular weight is 620 g/mol. The molecule has 8 nitrogen and oxygen atoms in total. The van der Waals surface area contributed by atoms with Crippen molar-refractivity contribution in [1.82, 2.24) is 4.90 Å². The molecule has 0 aromatic heterocycles. The van der Waals surface area contributed by atoms with E-state index in [4.69, 9.17) is 16.3 Å². The van der Waals surface area contributed by atoms with Crippen LogP contribution in [0.15, 0.2) is 73.8 Å². The van der Waals surface area contributed by atoms with E-state index in [0.717, 1.165) is 24.1 Å². The maximum atomic E-state index is 14.8. The molecule has 9 heteroatoms. The van der Waals surface area contributed by atoms with E-state index in [1.165, 1.54) is 0 Å². The zero-order valence-corrected chi connectivity index (χ0v) is 26.1. The third-order valence-electron chi connectivity index (χ3n) is 9.31. The van der Waals surface area contributed by atoms with Gasteiger partial charge in [0.1, 0.15) is 11.6 Å². The highest BCUT2D eigenvalue weighted by molar-refractivity contribution is 6.34. The minimum absolute atomic E-state index is 0.115. The van der Waals surface area contributed by atoms with Gasteiger partial charge in [-0.2, -0.15) is 0 Å². The number of hydrogen-bond donors (Lipinski definition) is 1. The Hall–Kier alpha value is -3.46. The van der Waals surface area contributed by atoms with Gasteiger partial charge in [0, 0.05) is 31.9 Å². The van der Waals surface area contributed by atoms with Crippen LogP contribution in [0.1, 0.15) is 44.1 Å². The van der Waals surface area contributed by atoms with Crippen LogP contribution in [-0.2, 0) is 19.1 Å². The Labute approximate surface area is 264 Å². The van der Waals surface area contributed by atoms with Crippen LogP contribution in [0.2, 0.25) is 5.02 Å². The van der Waals surface area contributed by atoms with E-state index >= 15 is 0 Å². The molecule has 2 bridgehead atoms. The summed E-state index contributed by atoms with van der Waals surface area (Å²) in [6, 6.07) is 13.9. The van der Waals surface area contributed by atoms with Crippen LogP contribution in [0.5, 0.6) is 0 Å². The molecule has 3 aliphatic rings. The van der Waals surface area contributed by atoms with Crippen LogP contribution in [0.3, 0.4) is 0 Å². The molecule has 3 heterocycles. The number of aliphatic hydroxyl groups excluding tert-OH is 1. The van der Waals surface area contributed by atoms with Gasteiger partial charge < -0.3 is 24.5 Å². The summed E-state index contributed by atoms with van der Waals surface area (Å²) in [6.45, 7) is 10.6. The standard InChI is InChI=1S/C35H42ClN3O5/c1-4-20-37(25-15-9-8-10-16-25)32(41)28-27-18-19-35(44-27)29(28)33(42)39(22-11-6-7-12-23-40)31(35)34(43)38(21-5-2)30-24(3)14-13-17-26(30)36/h4-5,8-10,13-17,27-29,31,40H,1-2,6-7,11-12,18-23H2,3H3/t27-,28+,29-,31?,35?/m0/s1. The number of benzene rings is 2. The predicted molar refractivity (Wildman–Crippen MR) is 173 cm³/mol. The Balaban J connectivity index is 1.55. The molecule has 2 aromatic rings. The van der Waals surface area contributed by atoms with E-state index in [2.05, 4.69) is 13.2 Å². The van der Waals surface area contributed by atoms with Crippen LogP contribution >= 0.6 is 11.6 Å². The third-order valence-corrected chi connectivity index (χ3v) is 9.61. The molecule has 1 N–H and O–H groups in total. The fourth-order valence-electron chi connectivity index (χ4n) is 7.47. The van der Waals surface area contributed by atoms with Crippen molar-refractivity contribution in [3.05, 3.63) is 84.4 Å². The Morgan fingerprint density at radius 1 is 1.02 bits per heavy atom. The minimum atomic E-state index is -1.13. The lowest BCUT2D eigenvalue weighted by molar-refractivity contribution is -0.140. The van der Waals surface area contributed by atoms with E-state index in [9.17, 15) is 19.5 Å². The summed E-state index contributed by atoms with van der Waals surface area (Å²) in [5.74, 6) is -2.20. The first kappa shape index (κ1) is 31.9. The van der Waals surface area contributed by atoms with Gasteiger partial charge in [0.2, 0.25) is 11.8 Å². The van der Waals surface area contributed by atoms with Gasteiger partial charge >= 0.3 is 0 Å². The number of rotatable bonds is 14. The highest BCUT2D eigenvalue weighted by atomic mass is 35.5. The van der Waals surface area contributed by atoms with Crippen LogP contribution < -0.4 is 9.80 Å². The second-order valence-corrected chi connectivity index (χ2v) is 12.3. The van der Waals surface area contributed by atoms with Gasteiger partial charge in [-0.1, -0.05) is 66.9 Å². The summed E-state index contributed by atoms with van der Waals surface area (Å²) in [5.41, 5.74) is 0.999. The molecule has 0 aliphatic carbocycles. The number of halogens is 1. The number of amides is 3. The maximum Gasteiger partial charge on any atom is 0.253 e. The molecule has 5 atom stereocenters. The van der Waals surface area contributed by atoms with Crippen LogP contribution in [0.4, 0.5) is 11.4 Å². The highest BCUT2D eigenvalue weighted by Crippen LogP contribution is 2.59. The Kier molecular flexibility index (Phi) is 9.93. The summed E-state index contributed by atoms with van der Waals surface area (Å²) in [7, 11) is 0. The molecule has 3 saturated heterocycles. The molecule has 0 saturated carbocycles. The number of hydrogen-bond acceptors (Lipinski definition) is 5. The van der Waals surface area contributed by atoms with Crippen molar-refractivity contribution < 1.29 is 24.2 Å². The molecule has 3 aliphatic heterocycles. The minimum Gasteiger partial charge on any atom is -0.396 e. The first-order valence-electron chi connectivity index (χ1n) is 15.5. The van der Waals surface area contributed by atoms with Crippen LogP contribution in [0, 0.1) is 18.8 Å². The van der Waals surface area contributed by atoms with E-state index in [0.29, 0.717) is 42.9 Å². The fraction of sp³-hybridized carbons (Fsp3) is 0.457. The molecule has 44 heavy (non-hydrogen) atoms. The zero-order chi connectivity index (χ0) is 31.4. The quantitative estimate of drug-likeness (QED) is 0.229. The highest BCUT2D eigenvalue weighted by Gasteiger charge is 2.75. The molecule has 0 radical (unpaired) electrons. The van der Waals surface area contributed by atoms with Crippen molar-refractivity contribution in [2.75, 3.05) is 36.0 Å². The number of nitrogens with zero attached hydrogens (tertiary/aromatic N) is 3. The lowest BCUT2D eigenvalue weighted by Crippen LogP contribution is -2.57. The SMILES string of the molecule is C=CCN(C(=O)[C@@H]1[C@@H]2CCC3(O2)C(C(=O)N(CC=C)c2c(C)cccc2Cl)N(CCCCCCO)C(=O)[C@H]13)c1ccccc1. The molecule has 5 rings (SSSR count). The zero-order valence-electron chi connectivity index (χ0n) is 25.4. The number of para-hydroxylation sites is 2. The molecule has 3 amide bonds. The third kappa shape index (κ3) is 5.59.